The molecule has 1 aliphatic carbocycles. The molecule has 1 aliphatic rings. The van der Waals surface area contributed by atoms with Gasteiger partial charge in [0, 0.05) is 11.1 Å². The highest BCUT2D eigenvalue weighted by Crippen LogP contribution is 2.25. The minimum atomic E-state index is 0. The highest BCUT2D eigenvalue weighted by Gasteiger charge is 2.11. The molecule has 0 radical (unpaired) electrons. The Kier molecular flexibility index (Phi) is 4.65. The van der Waals surface area contributed by atoms with E-state index in [9.17, 15) is 0 Å². The smallest absolute Gasteiger partial charge is 0.0443 e. The van der Waals surface area contributed by atoms with E-state index in [1.165, 1.54) is 11.1 Å². The number of hydrogen-bond donors (Lipinski definition) is 1. The molecule has 0 saturated carbocycles. The molecule has 2 rings (SSSR count). The summed E-state index contributed by atoms with van der Waals surface area (Å²) in [5.41, 5.74) is 2.54. The van der Waals surface area contributed by atoms with Crippen LogP contribution in [0, 0.1) is 0 Å². The molecule has 1 atom stereocenters. The van der Waals surface area contributed by atoms with Crippen LogP contribution in [0.4, 0.5) is 0 Å². The van der Waals surface area contributed by atoms with Gasteiger partial charge in [-0.15, -0.1) is 12.4 Å². The lowest BCUT2D eigenvalue weighted by molar-refractivity contribution is 0.619. The third-order valence-electron chi connectivity index (χ3n) is 2.74. The van der Waals surface area contributed by atoms with Crippen molar-refractivity contribution in [3.63, 3.8) is 0 Å². The Hall–Kier alpha value is -0.500. The van der Waals surface area contributed by atoms with Crippen molar-refractivity contribution < 1.29 is 0 Å². The first-order valence-electron chi connectivity index (χ1n) is 4.94. The van der Waals surface area contributed by atoms with Crippen molar-refractivity contribution in [1.29, 1.82) is 0 Å². The lowest BCUT2D eigenvalue weighted by atomic mass is 10.0. The second-order valence-corrected chi connectivity index (χ2v) is 4.01. The van der Waals surface area contributed by atoms with Crippen LogP contribution >= 0.6 is 24.0 Å². The standard InChI is InChI=1S/C12H14ClN.ClH/c1-14-10-6-5-9-3-2-4-12(13)11(9)8-7-10;/h2-6,10,14H,7-8H2,1H3;1H. The third-order valence-corrected chi connectivity index (χ3v) is 3.09. The minimum Gasteiger partial charge on any atom is -0.314 e. The summed E-state index contributed by atoms with van der Waals surface area (Å²) in [5, 5.41) is 4.16. The predicted octanol–water partition coefficient (Wildman–Crippen LogP) is 3.31. The van der Waals surface area contributed by atoms with Crippen molar-refractivity contribution in [1.82, 2.24) is 5.32 Å². The van der Waals surface area contributed by atoms with Gasteiger partial charge < -0.3 is 5.32 Å². The number of fused-ring (bicyclic) bond motifs is 1. The molecule has 1 nitrogen and oxygen atoms in total. The Morgan fingerprint density at radius 2 is 2.20 bits per heavy atom. The Balaban J connectivity index is 0.00000112. The van der Waals surface area contributed by atoms with Gasteiger partial charge in [-0.05, 0) is 37.1 Å². The molecule has 0 spiro atoms. The lowest BCUT2D eigenvalue weighted by Gasteiger charge is -2.09. The zero-order valence-electron chi connectivity index (χ0n) is 8.66. The van der Waals surface area contributed by atoms with Crippen molar-refractivity contribution in [2.45, 2.75) is 18.9 Å². The van der Waals surface area contributed by atoms with E-state index in [4.69, 9.17) is 11.6 Å². The first-order chi connectivity index (χ1) is 6.81. The summed E-state index contributed by atoms with van der Waals surface area (Å²) in [4.78, 5) is 0. The van der Waals surface area contributed by atoms with E-state index in [2.05, 4.69) is 23.5 Å². The van der Waals surface area contributed by atoms with Crippen LogP contribution < -0.4 is 5.32 Å². The fourth-order valence-corrected chi connectivity index (χ4v) is 2.13. The number of hydrogen-bond acceptors (Lipinski definition) is 1. The second-order valence-electron chi connectivity index (χ2n) is 3.60. The van der Waals surface area contributed by atoms with Gasteiger partial charge in [-0.3, -0.25) is 0 Å². The molecule has 1 aromatic rings. The summed E-state index contributed by atoms with van der Waals surface area (Å²) in [6.45, 7) is 0. The molecule has 15 heavy (non-hydrogen) atoms. The van der Waals surface area contributed by atoms with Crippen LogP contribution in [0.2, 0.25) is 5.02 Å². The van der Waals surface area contributed by atoms with Crippen LogP contribution in [0.5, 0.6) is 0 Å². The molecule has 1 aromatic carbocycles. The Labute approximate surface area is 102 Å². The summed E-state index contributed by atoms with van der Waals surface area (Å²) < 4.78 is 0. The fourth-order valence-electron chi connectivity index (χ4n) is 1.85. The average molecular weight is 244 g/mol. The number of benzene rings is 1. The molecule has 0 bridgehead atoms. The number of likely N-dealkylation sites (N-methyl/N-ethyl adjacent to an activating group) is 1. The van der Waals surface area contributed by atoms with Crippen LogP contribution in [-0.4, -0.2) is 13.1 Å². The van der Waals surface area contributed by atoms with Crippen molar-refractivity contribution in [2.75, 3.05) is 7.05 Å². The maximum atomic E-state index is 6.15. The monoisotopic (exact) mass is 243 g/mol. The normalized spacial score (nSPS) is 18.9. The van der Waals surface area contributed by atoms with Crippen LogP contribution in [0.25, 0.3) is 6.08 Å². The molecule has 0 fully saturated rings. The molecular formula is C12H15Cl2N. The number of halogens is 2. The first kappa shape index (κ1) is 12.6. The molecule has 0 aromatic heterocycles. The third kappa shape index (κ3) is 2.75. The van der Waals surface area contributed by atoms with Crippen LogP contribution in [0.3, 0.4) is 0 Å². The molecule has 82 valence electrons. The SMILES string of the molecule is CNC1C=Cc2cccc(Cl)c2CC1.Cl. The van der Waals surface area contributed by atoms with E-state index in [0.29, 0.717) is 6.04 Å². The maximum Gasteiger partial charge on any atom is 0.0443 e. The van der Waals surface area contributed by atoms with Crippen molar-refractivity contribution in [3.8, 4) is 0 Å². The van der Waals surface area contributed by atoms with E-state index in [-0.39, 0.29) is 12.4 Å². The van der Waals surface area contributed by atoms with Crippen molar-refractivity contribution >= 4 is 30.1 Å². The Morgan fingerprint density at radius 3 is 2.93 bits per heavy atom. The molecule has 1 N–H and O–H groups in total. The van der Waals surface area contributed by atoms with Gasteiger partial charge in [0.2, 0.25) is 0 Å². The summed E-state index contributed by atoms with van der Waals surface area (Å²) in [6.07, 6.45) is 6.54. The van der Waals surface area contributed by atoms with Crippen LogP contribution in [0.1, 0.15) is 17.5 Å². The Morgan fingerprint density at radius 1 is 1.40 bits per heavy atom. The van der Waals surface area contributed by atoms with E-state index in [1.807, 2.05) is 19.2 Å². The van der Waals surface area contributed by atoms with Gasteiger partial charge in [0.15, 0.2) is 0 Å². The van der Waals surface area contributed by atoms with E-state index >= 15 is 0 Å². The van der Waals surface area contributed by atoms with Gasteiger partial charge in [-0.25, -0.2) is 0 Å². The highest BCUT2D eigenvalue weighted by molar-refractivity contribution is 6.31. The zero-order chi connectivity index (χ0) is 9.97. The van der Waals surface area contributed by atoms with E-state index in [1.54, 1.807) is 0 Å². The number of rotatable bonds is 1. The molecular weight excluding hydrogens is 229 g/mol. The van der Waals surface area contributed by atoms with Gasteiger partial charge in [0.25, 0.3) is 0 Å². The molecule has 3 heteroatoms. The van der Waals surface area contributed by atoms with E-state index in [0.717, 1.165) is 17.9 Å². The molecule has 0 amide bonds. The van der Waals surface area contributed by atoms with Crippen LogP contribution in [-0.2, 0) is 6.42 Å². The molecule has 0 heterocycles. The van der Waals surface area contributed by atoms with Gasteiger partial charge in [-0.2, -0.15) is 0 Å². The molecule has 0 saturated heterocycles. The second kappa shape index (κ2) is 5.55. The summed E-state index contributed by atoms with van der Waals surface area (Å²) >= 11 is 6.15. The lowest BCUT2D eigenvalue weighted by Crippen LogP contribution is -2.22. The van der Waals surface area contributed by atoms with Gasteiger partial charge in [0.1, 0.15) is 0 Å². The summed E-state index contributed by atoms with van der Waals surface area (Å²) in [5.74, 6) is 0. The largest absolute Gasteiger partial charge is 0.314 e. The zero-order valence-corrected chi connectivity index (χ0v) is 10.2. The van der Waals surface area contributed by atoms with Gasteiger partial charge in [0.05, 0.1) is 0 Å². The maximum absolute atomic E-state index is 6.15. The fraction of sp³-hybridized carbons (Fsp3) is 0.333. The molecule has 1 unspecified atom stereocenters. The predicted molar refractivity (Wildman–Crippen MR) is 68.9 cm³/mol. The number of nitrogens with one attached hydrogen (secondary N) is 1. The topological polar surface area (TPSA) is 12.0 Å². The summed E-state index contributed by atoms with van der Waals surface area (Å²) in [6, 6.07) is 6.56. The van der Waals surface area contributed by atoms with Crippen molar-refractivity contribution in [3.05, 3.63) is 40.4 Å². The average Bonchev–Trinajstić information content (AvgIpc) is 2.41. The minimum absolute atomic E-state index is 0. The highest BCUT2D eigenvalue weighted by atomic mass is 35.5. The van der Waals surface area contributed by atoms with Crippen LogP contribution in [0.15, 0.2) is 24.3 Å². The Bertz CT molecular complexity index is 361. The van der Waals surface area contributed by atoms with Gasteiger partial charge in [-0.1, -0.05) is 35.9 Å². The van der Waals surface area contributed by atoms with Gasteiger partial charge >= 0.3 is 0 Å². The first-order valence-corrected chi connectivity index (χ1v) is 5.32. The molecule has 0 aliphatic heterocycles. The van der Waals surface area contributed by atoms with Crippen molar-refractivity contribution in [2.24, 2.45) is 0 Å². The summed E-state index contributed by atoms with van der Waals surface area (Å²) in [7, 11) is 1.99. The van der Waals surface area contributed by atoms with E-state index < -0.39 is 0 Å². The quantitative estimate of drug-likeness (QED) is 0.799.